The van der Waals surface area contributed by atoms with E-state index in [4.69, 9.17) is 4.74 Å². The summed E-state index contributed by atoms with van der Waals surface area (Å²) in [7, 11) is 0. The third kappa shape index (κ3) is 5.48. The number of hydrogen-bond acceptors (Lipinski definition) is 4. The lowest BCUT2D eigenvalue weighted by atomic mass is 10.1. The summed E-state index contributed by atoms with van der Waals surface area (Å²) >= 11 is 0. The number of carbonyl (C=O) groups is 2. The lowest BCUT2D eigenvalue weighted by Gasteiger charge is -2.22. The van der Waals surface area contributed by atoms with E-state index in [-0.39, 0.29) is 5.91 Å². The molecule has 1 heterocycles. The maximum Gasteiger partial charge on any atom is 0.408 e. The molecule has 2 amide bonds. The molecule has 0 aromatic heterocycles. The summed E-state index contributed by atoms with van der Waals surface area (Å²) in [5.74, 6) is 0.369. The zero-order valence-electron chi connectivity index (χ0n) is 14.1. The van der Waals surface area contributed by atoms with Gasteiger partial charge in [0.05, 0.1) is 0 Å². The first-order valence-electron chi connectivity index (χ1n) is 8.26. The predicted octanol–water partition coefficient (Wildman–Crippen LogP) is 1.50. The van der Waals surface area contributed by atoms with E-state index in [1.165, 1.54) is 12.8 Å². The molecule has 6 heteroatoms. The van der Waals surface area contributed by atoms with Crippen LogP contribution < -0.4 is 10.6 Å². The molecule has 1 aliphatic heterocycles. The van der Waals surface area contributed by atoms with E-state index in [0.717, 1.165) is 25.6 Å². The van der Waals surface area contributed by atoms with Crippen molar-refractivity contribution in [1.29, 1.82) is 0 Å². The summed E-state index contributed by atoms with van der Waals surface area (Å²) in [5, 5.41) is 5.50. The van der Waals surface area contributed by atoms with Gasteiger partial charge < -0.3 is 20.3 Å². The quantitative estimate of drug-likeness (QED) is 0.807. The smallest absolute Gasteiger partial charge is 0.408 e. The largest absolute Gasteiger partial charge is 0.444 e. The molecule has 1 aliphatic carbocycles. The van der Waals surface area contributed by atoms with Crippen molar-refractivity contribution >= 4 is 12.0 Å². The molecule has 22 heavy (non-hydrogen) atoms. The minimum atomic E-state index is -0.587. The minimum Gasteiger partial charge on any atom is -0.444 e. The minimum absolute atomic E-state index is 0.157. The first-order valence-corrected chi connectivity index (χ1v) is 8.26. The van der Waals surface area contributed by atoms with Gasteiger partial charge in [0.15, 0.2) is 0 Å². The Morgan fingerprint density at radius 1 is 1.27 bits per heavy atom. The fraction of sp³-hybridized carbons (Fsp3) is 0.875. The monoisotopic (exact) mass is 311 g/mol. The number of hydrogen-bond donors (Lipinski definition) is 2. The second kappa shape index (κ2) is 6.86. The fourth-order valence-corrected chi connectivity index (χ4v) is 2.75. The number of ether oxygens (including phenoxy) is 1. The molecular weight excluding hydrogens is 282 g/mol. The molecule has 2 aliphatic rings. The predicted molar refractivity (Wildman–Crippen MR) is 84.5 cm³/mol. The molecule has 126 valence electrons. The molecule has 1 saturated heterocycles. The van der Waals surface area contributed by atoms with Crippen molar-refractivity contribution in [3.8, 4) is 0 Å². The summed E-state index contributed by atoms with van der Waals surface area (Å²) in [5.41, 5.74) is -0.559. The van der Waals surface area contributed by atoms with Gasteiger partial charge in [-0.3, -0.25) is 4.79 Å². The Morgan fingerprint density at radius 3 is 2.55 bits per heavy atom. The van der Waals surface area contributed by atoms with Crippen LogP contribution in [0.15, 0.2) is 0 Å². The Labute approximate surface area is 132 Å². The lowest BCUT2D eigenvalue weighted by Crippen LogP contribution is -2.47. The van der Waals surface area contributed by atoms with E-state index in [9.17, 15) is 9.59 Å². The van der Waals surface area contributed by atoms with E-state index < -0.39 is 17.7 Å². The van der Waals surface area contributed by atoms with Crippen LogP contribution in [0.1, 0.15) is 47.0 Å². The molecule has 0 bridgehead atoms. The molecule has 2 N–H and O–H groups in total. The van der Waals surface area contributed by atoms with Crippen LogP contribution in [0.25, 0.3) is 0 Å². The highest BCUT2D eigenvalue weighted by Gasteiger charge is 2.34. The summed E-state index contributed by atoms with van der Waals surface area (Å²) in [4.78, 5) is 26.2. The molecule has 2 rings (SSSR count). The van der Waals surface area contributed by atoms with E-state index in [1.807, 2.05) is 0 Å². The second-order valence-corrected chi connectivity index (χ2v) is 7.49. The Balaban J connectivity index is 1.65. The molecule has 0 aromatic rings. The van der Waals surface area contributed by atoms with Crippen molar-refractivity contribution in [2.24, 2.45) is 5.92 Å². The fourth-order valence-electron chi connectivity index (χ4n) is 2.75. The van der Waals surface area contributed by atoms with Gasteiger partial charge in [-0.15, -0.1) is 0 Å². The van der Waals surface area contributed by atoms with Crippen LogP contribution in [0.2, 0.25) is 0 Å². The van der Waals surface area contributed by atoms with Gasteiger partial charge in [-0.2, -0.15) is 0 Å². The Morgan fingerprint density at radius 2 is 1.95 bits per heavy atom. The van der Waals surface area contributed by atoms with Gasteiger partial charge in [0.1, 0.15) is 11.6 Å². The van der Waals surface area contributed by atoms with Gasteiger partial charge in [-0.25, -0.2) is 4.79 Å². The van der Waals surface area contributed by atoms with Crippen LogP contribution in [0, 0.1) is 5.92 Å². The van der Waals surface area contributed by atoms with Crippen LogP contribution in [-0.4, -0.2) is 54.2 Å². The van der Waals surface area contributed by atoms with E-state index in [2.05, 4.69) is 15.5 Å². The van der Waals surface area contributed by atoms with Gasteiger partial charge in [0.25, 0.3) is 0 Å². The second-order valence-electron chi connectivity index (χ2n) is 7.49. The number of carbonyl (C=O) groups excluding carboxylic acids is 2. The average molecular weight is 311 g/mol. The number of amides is 2. The molecule has 0 radical (unpaired) electrons. The summed E-state index contributed by atoms with van der Waals surface area (Å²) in [6.07, 6.45) is 3.24. The average Bonchev–Trinajstić information content (AvgIpc) is 3.13. The highest BCUT2D eigenvalue weighted by atomic mass is 16.6. The molecular formula is C16H29N3O3. The van der Waals surface area contributed by atoms with Crippen LogP contribution in [0.3, 0.4) is 0 Å². The van der Waals surface area contributed by atoms with Gasteiger partial charge >= 0.3 is 6.09 Å². The molecule has 2 fully saturated rings. The van der Waals surface area contributed by atoms with Crippen molar-refractivity contribution < 1.29 is 14.3 Å². The van der Waals surface area contributed by atoms with Crippen molar-refractivity contribution in [2.75, 3.05) is 19.6 Å². The molecule has 6 nitrogen and oxygen atoms in total. The Hall–Kier alpha value is -1.30. The summed E-state index contributed by atoms with van der Waals surface area (Å²) in [6, 6.07) is 0.212. The maximum atomic E-state index is 12.0. The molecule has 1 saturated carbocycles. The first kappa shape index (κ1) is 17.1. The number of rotatable bonds is 5. The Bertz CT molecular complexity index is 415. The molecule has 0 aromatic carbocycles. The molecule has 2 atom stereocenters. The Kier molecular flexibility index (Phi) is 5.32. The van der Waals surface area contributed by atoms with Crippen LogP contribution in [0.4, 0.5) is 4.79 Å². The topological polar surface area (TPSA) is 70.7 Å². The lowest BCUT2D eigenvalue weighted by molar-refractivity contribution is -0.122. The SMILES string of the molecule is C[C@@H](NC(=O)OC(C)(C)C)C(=O)NC[C@@H]1CCN(C2CC2)C1. The van der Waals surface area contributed by atoms with Gasteiger partial charge in [0, 0.05) is 19.1 Å². The normalized spacial score (nSPS) is 23.9. The van der Waals surface area contributed by atoms with Crippen LogP contribution >= 0.6 is 0 Å². The number of likely N-dealkylation sites (tertiary alicyclic amines) is 1. The summed E-state index contributed by atoms with van der Waals surface area (Å²) < 4.78 is 5.15. The van der Waals surface area contributed by atoms with Gasteiger partial charge in [-0.05, 0) is 59.4 Å². The van der Waals surface area contributed by atoms with Crippen molar-refractivity contribution in [1.82, 2.24) is 15.5 Å². The standard InChI is InChI=1S/C16H29N3O3/c1-11(18-15(21)22-16(2,3)4)14(20)17-9-12-7-8-19(10-12)13-5-6-13/h11-13H,5-10H2,1-4H3,(H,17,20)(H,18,21)/t11-,12+/m1/s1. The van der Waals surface area contributed by atoms with E-state index in [1.54, 1.807) is 27.7 Å². The zero-order chi connectivity index (χ0) is 16.3. The molecule has 0 spiro atoms. The van der Waals surface area contributed by atoms with E-state index in [0.29, 0.717) is 12.5 Å². The number of alkyl carbamates (subject to hydrolysis) is 1. The highest BCUT2D eigenvalue weighted by molar-refractivity contribution is 5.85. The van der Waals surface area contributed by atoms with Gasteiger partial charge in [0.2, 0.25) is 5.91 Å². The number of nitrogens with one attached hydrogen (secondary N) is 2. The molecule has 0 unspecified atom stereocenters. The van der Waals surface area contributed by atoms with E-state index >= 15 is 0 Å². The van der Waals surface area contributed by atoms with Crippen molar-refractivity contribution in [3.05, 3.63) is 0 Å². The van der Waals surface area contributed by atoms with Crippen molar-refractivity contribution in [2.45, 2.75) is 64.6 Å². The maximum absolute atomic E-state index is 12.0. The third-order valence-corrected chi connectivity index (χ3v) is 4.07. The number of nitrogens with zero attached hydrogens (tertiary/aromatic N) is 1. The summed E-state index contributed by atoms with van der Waals surface area (Å²) in [6.45, 7) is 9.97. The van der Waals surface area contributed by atoms with Crippen LogP contribution in [0.5, 0.6) is 0 Å². The van der Waals surface area contributed by atoms with Crippen molar-refractivity contribution in [3.63, 3.8) is 0 Å². The third-order valence-electron chi connectivity index (χ3n) is 4.07. The van der Waals surface area contributed by atoms with Crippen LogP contribution in [-0.2, 0) is 9.53 Å². The first-order chi connectivity index (χ1) is 10.2. The highest BCUT2D eigenvalue weighted by Crippen LogP contribution is 2.31. The van der Waals surface area contributed by atoms with Gasteiger partial charge in [-0.1, -0.05) is 0 Å². The zero-order valence-corrected chi connectivity index (χ0v) is 14.1.